The van der Waals surface area contributed by atoms with Gasteiger partial charge in [-0.15, -0.1) is 13.2 Å². The fraction of sp³-hybridized carbons (Fsp3) is 0.308. The SMILES string of the molecule is O=S(=O)(c1ccccc1OC(F)(F)F)N1CCN(CCOC(c2ccccc2)c2ccccc2)CC1. The Bertz CT molecular complexity index is 1180. The quantitative estimate of drug-likeness (QED) is 0.410. The van der Waals surface area contributed by atoms with Crippen LogP contribution >= 0.6 is 0 Å². The Kier molecular flexibility index (Phi) is 8.30. The van der Waals surface area contributed by atoms with Gasteiger partial charge < -0.3 is 9.47 Å². The molecule has 3 aromatic carbocycles. The fourth-order valence-corrected chi connectivity index (χ4v) is 5.68. The summed E-state index contributed by atoms with van der Waals surface area (Å²) in [6.07, 6.45) is -5.21. The molecule has 0 N–H and O–H groups in total. The first-order valence-corrected chi connectivity index (χ1v) is 13.0. The number of hydrogen-bond acceptors (Lipinski definition) is 5. The fourth-order valence-electron chi connectivity index (χ4n) is 4.15. The average molecular weight is 521 g/mol. The van der Waals surface area contributed by atoms with E-state index < -0.39 is 27.0 Å². The van der Waals surface area contributed by atoms with Crippen LogP contribution in [0.25, 0.3) is 0 Å². The molecule has 36 heavy (non-hydrogen) atoms. The molecule has 1 aliphatic rings. The van der Waals surface area contributed by atoms with E-state index in [1.807, 2.05) is 60.7 Å². The van der Waals surface area contributed by atoms with E-state index in [1.54, 1.807) is 0 Å². The van der Waals surface area contributed by atoms with Crippen molar-refractivity contribution in [3.8, 4) is 5.75 Å². The highest BCUT2D eigenvalue weighted by molar-refractivity contribution is 7.89. The van der Waals surface area contributed by atoms with Crippen molar-refractivity contribution in [1.82, 2.24) is 9.21 Å². The Labute approximate surface area is 208 Å². The third kappa shape index (κ3) is 6.64. The van der Waals surface area contributed by atoms with Crippen LogP contribution < -0.4 is 4.74 Å². The van der Waals surface area contributed by atoms with Gasteiger partial charge in [0.2, 0.25) is 10.0 Å². The lowest BCUT2D eigenvalue weighted by molar-refractivity contribution is -0.275. The molecule has 0 amide bonds. The number of sulfonamides is 1. The van der Waals surface area contributed by atoms with Gasteiger partial charge in [-0.1, -0.05) is 72.8 Å². The monoisotopic (exact) mass is 520 g/mol. The van der Waals surface area contributed by atoms with E-state index in [-0.39, 0.29) is 19.2 Å². The van der Waals surface area contributed by atoms with Crippen molar-refractivity contribution < 1.29 is 31.1 Å². The van der Waals surface area contributed by atoms with Crippen LogP contribution in [0.1, 0.15) is 17.2 Å². The van der Waals surface area contributed by atoms with E-state index >= 15 is 0 Å². The van der Waals surface area contributed by atoms with Gasteiger partial charge in [-0.25, -0.2) is 8.42 Å². The van der Waals surface area contributed by atoms with Crippen LogP contribution in [0.15, 0.2) is 89.8 Å². The number of hydrogen-bond donors (Lipinski definition) is 0. The van der Waals surface area contributed by atoms with Crippen molar-refractivity contribution in [2.24, 2.45) is 0 Å². The first-order valence-electron chi connectivity index (χ1n) is 11.5. The molecule has 10 heteroatoms. The van der Waals surface area contributed by atoms with Crippen molar-refractivity contribution in [3.63, 3.8) is 0 Å². The average Bonchev–Trinajstić information content (AvgIpc) is 2.87. The lowest BCUT2D eigenvalue weighted by atomic mass is 10.0. The minimum Gasteiger partial charge on any atom is -0.404 e. The molecule has 1 fully saturated rings. The molecule has 0 atom stereocenters. The molecule has 0 saturated carbocycles. The molecular formula is C26H27F3N2O4S. The molecule has 0 aliphatic carbocycles. The molecule has 6 nitrogen and oxygen atoms in total. The van der Waals surface area contributed by atoms with E-state index in [0.29, 0.717) is 26.2 Å². The summed E-state index contributed by atoms with van der Waals surface area (Å²) < 4.78 is 75.7. The Hall–Kier alpha value is -2.92. The van der Waals surface area contributed by atoms with E-state index in [1.165, 1.54) is 16.4 Å². The number of rotatable bonds is 9. The first-order chi connectivity index (χ1) is 17.2. The second-order valence-corrected chi connectivity index (χ2v) is 10.2. The normalized spacial score (nSPS) is 15.8. The van der Waals surface area contributed by atoms with E-state index in [9.17, 15) is 21.6 Å². The Morgan fingerprint density at radius 2 is 1.31 bits per heavy atom. The number of ether oxygens (including phenoxy) is 2. The van der Waals surface area contributed by atoms with Crippen LogP contribution in [0.5, 0.6) is 5.75 Å². The van der Waals surface area contributed by atoms with Crippen LogP contribution in [-0.2, 0) is 14.8 Å². The van der Waals surface area contributed by atoms with Crippen molar-refractivity contribution in [2.75, 3.05) is 39.3 Å². The highest BCUT2D eigenvalue weighted by atomic mass is 32.2. The van der Waals surface area contributed by atoms with Crippen LogP contribution in [0.3, 0.4) is 0 Å². The van der Waals surface area contributed by atoms with Crippen LogP contribution in [0, 0.1) is 0 Å². The number of halogens is 3. The van der Waals surface area contributed by atoms with Crippen molar-refractivity contribution >= 4 is 10.0 Å². The zero-order valence-electron chi connectivity index (χ0n) is 19.5. The van der Waals surface area contributed by atoms with Crippen molar-refractivity contribution in [1.29, 1.82) is 0 Å². The van der Waals surface area contributed by atoms with Gasteiger partial charge in [-0.2, -0.15) is 4.31 Å². The standard InChI is InChI=1S/C26H27F3N2O4S/c27-26(28,29)35-23-13-7-8-14-24(23)36(32,33)31-17-15-30(16-18-31)19-20-34-25(21-9-3-1-4-10-21)22-11-5-2-6-12-22/h1-14,25H,15-20H2. The summed E-state index contributed by atoms with van der Waals surface area (Å²) in [6.45, 7) is 2.21. The molecule has 192 valence electrons. The molecular weight excluding hydrogens is 493 g/mol. The maximum absolute atomic E-state index is 13.1. The molecule has 0 unspecified atom stereocenters. The maximum Gasteiger partial charge on any atom is 0.573 e. The number of piperazine rings is 1. The van der Waals surface area contributed by atoms with Gasteiger partial charge in [0, 0.05) is 32.7 Å². The largest absolute Gasteiger partial charge is 0.573 e. The maximum atomic E-state index is 13.1. The van der Waals surface area contributed by atoms with Crippen LogP contribution in [0.2, 0.25) is 0 Å². The number of benzene rings is 3. The minimum absolute atomic E-state index is 0.156. The van der Waals surface area contributed by atoms with Gasteiger partial charge in [-0.3, -0.25) is 4.90 Å². The molecule has 0 bridgehead atoms. The van der Waals surface area contributed by atoms with Crippen LogP contribution in [0.4, 0.5) is 13.2 Å². The van der Waals surface area contributed by atoms with E-state index in [0.717, 1.165) is 23.3 Å². The molecule has 0 radical (unpaired) electrons. The third-order valence-corrected chi connectivity index (χ3v) is 7.86. The number of nitrogens with zero attached hydrogens (tertiary/aromatic N) is 2. The molecule has 4 rings (SSSR count). The lowest BCUT2D eigenvalue weighted by Gasteiger charge is -2.34. The minimum atomic E-state index is -4.98. The molecule has 1 aliphatic heterocycles. The Morgan fingerprint density at radius 3 is 1.86 bits per heavy atom. The zero-order chi connectivity index (χ0) is 25.6. The summed E-state index contributed by atoms with van der Waals surface area (Å²) >= 11 is 0. The highest BCUT2D eigenvalue weighted by Crippen LogP contribution is 2.32. The van der Waals surface area contributed by atoms with Crippen molar-refractivity contribution in [3.05, 3.63) is 96.1 Å². The summed E-state index contributed by atoms with van der Waals surface area (Å²) in [6, 6.07) is 24.6. The summed E-state index contributed by atoms with van der Waals surface area (Å²) in [4.78, 5) is 1.59. The molecule has 0 aromatic heterocycles. The summed E-state index contributed by atoms with van der Waals surface area (Å²) in [5.41, 5.74) is 2.08. The van der Waals surface area contributed by atoms with Gasteiger partial charge in [-0.05, 0) is 23.3 Å². The number of para-hydroxylation sites is 1. The van der Waals surface area contributed by atoms with Gasteiger partial charge in [0.25, 0.3) is 0 Å². The molecule has 3 aromatic rings. The predicted octanol–water partition coefficient (Wildman–Crippen LogP) is 4.70. The van der Waals surface area contributed by atoms with E-state index in [4.69, 9.17) is 4.74 Å². The van der Waals surface area contributed by atoms with Gasteiger partial charge in [0.05, 0.1) is 6.61 Å². The summed E-state index contributed by atoms with van der Waals surface area (Å²) in [5, 5.41) is 0. The van der Waals surface area contributed by atoms with Crippen LogP contribution in [-0.4, -0.2) is 63.3 Å². The Morgan fingerprint density at radius 1 is 0.778 bits per heavy atom. The van der Waals surface area contributed by atoms with Gasteiger partial charge >= 0.3 is 6.36 Å². The second-order valence-electron chi connectivity index (χ2n) is 8.31. The first kappa shape index (κ1) is 26.2. The zero-order valence-corrected chi connectivity index (χ0v) is 20.3. The highest BCUT2D eigenvalue weighted by Gasteiger charge is 2.36. The van der Waals surface area contributed by atoms with Gasteiger partial charge in [0.15, 0.2) is 0 Å². The Balaban J connectivity index is 1.35. The smallest absolute Gasteiger partial charge is 0.404 e. The second kappa shape index (κ2) is 11.4. The molecule has 1 saturated heterocycles. The molecule has 1 heterocycles. The summed E-state index contributed by atoms with van der Waals surface area (Å²) in [7, 11) is -4.14. The predicted molar refractivity (Wildman–Crippen MR) is 129 cm³/mol. The lowest BCUT2D eigenvalue weighted by Crippen LogP contribution is -2.49. The van der Waals surface area contributed by atoms with Gasteiger partial charge in [0.1, 0.15) is 16.7 Å². The topological polar surface area (TPSA) is 59.1 Å². The van der Waals surface area contributed by atoms with Crippen molar-refractivity contribution in [2.45, 2.75) is 17.4 Å². The third-order valence-electron chi connectivity index (χ3n) is 5.92. The molecule has 0 spiro atoms. The van der Waals surface area contributed by atoms with E-state index in [2.05, 4.69) is 9.64 Å². The number of alkyl halides is 3. The summed E-state index contributed by atoms with van der Waals surface area (Å²) in [5.74, 6) is -0.728.